The number of ether oxygens (including phenoxy) is 1. The highest BCUT2D eigenvalue weighted by atomic mass is 16.5. The first-order chi connectivity index (χ1) is 6.70. The van der Waals surface area contributed by atoms with Crippen LogP contribution < -0.4 is 0 Å². The normalized spacial score (nSPS) is 12.5. The number of carbonyl (C=O) groups excluding carboxylic acids is 1. The minimum atomic E-state index is -0.403. The Morgan fingerprint density at radius 2 is 2.14 bits per heavy atom. The second-order valence-corrected chi connectivity index (χ2v) is 3.25. The third-order valence-electron chi connectivity index (χ3n) is 1.97. The fourth-order valence-electron chi connectivity index (χ4n) is 0.961. The monoisotopic (exact) mass is 204 g/mol. The predicted octanol–water partition coefficient (Wildman–Crippen LogP) is 0.853. The van der Waals surface area contributed by atoms with Gasteiger partial charge < -0.3 is 14.9 Å². The van der Waals surface area contributed by atoms with E-state index in [-0.39, 0.29) is 19.0 Å². The van der Waals surface area contributed by atoms with E-state index in [1.54, 1.807) is 0 Å². The molecule has 0 heterocycles. The number of hydrogen-bond donors (Lipinski definition) is 2. The Morgan fingerprint density at radius 3 is 2.71 bits per heavy atom. The van der Waals surface area contributed by atoms with Crippen LogP contribution in [0.1, 0.15) is 39.0 Å². The van der Waals surface area contributed by atoms with E-state index >= 15 is 0 Å². The van der Waals surface area contributed by atoms with Gasteiger partial charge in [0.2, 0.25) is 0 Å². The van der Waals surface area contributed by atoms with Gasteiger partial charge in [0.15, 0.2) is 0 Å². The molecule has 0 aromatic rings. The van der Waals surface area contributed by atoms with Gasteiger partial charge in [0.25, 0.3) is 0 Å². The summed E-state index contributed by atoms with van der Waals surface area (Å²) in [5.41, 5.74) is 0. The van der Waals surface area contributed by atoms with Gasteiger partial charge in [-0.25, -0.2) is 0 Å². The lowest BCUT2D eigenvalue weighted by molar-refractivity contribution is -0.144. The molecular weight excluding hydrogens is 184 g/mol. The summed E-state index contributed by atoms with van der Waals surface area (Å²) in [6, 6.07) is 0. The lowest BCUT2D eigenvalue weighted by Gasteiger charge is -2.07. The van der Waals surface area contributed by atoms with Crippen LogP contribution in [0.2, 0.25) is 0 Å². The van der Waals surface area contributed by atoms with Crippen molar-refractivity contribution in [1.29, 1.82) is 0 Å². The average Bonchev–Trinajstić information content (AvgIpc) is 2.21. The number of hydrogen-bond acceptors (Lipinski definition) is 4. The summed E-state index contributed by atoms with van der Waals surface area (Å²) in [6.07, 6.45) is 2.35. The highest BCUT2D eigenvalue weighted by Crippen LogP contribution is 2.02. The van der Waals surface area contributed by atoms with Gasteiger partial charge in [0.05, 0.1) is 12.7 Å². The van der Waals surface area contributed by atoms with Gasteiger partial charge >= 0.3 is 5.97 Å². The van der Waals surface area contributed by atoms with Crippen LogP contribution in [0.5, 0.6) is 0 Å². The molecule has 14 heavy (non-hydrogen) atoms. The largest absolute Gasteiger partial charge is 0.466 e. The van der Waals surface area contributed by atoms with E-state index in [9.17, 15) is 9.90 Å². The maximum atomic E-state index is 11.0. The first-order valence-electron chi connectivity index (χ1n) is 5.15. The Kier molecular flexibility index (Phi) is 8.57. The molecule has 0 amide bonds. The van der Waals surface area contributed by atoms with Gasteiger partial charge in [-0.15, -0.1) is 0 Å². The predicted molar refractivity (Wildman–Crippen MR) is 52.8 cm³/mol. The Labute approximate surface area is 84.9 Å². The van der Waals surface area contributed by atoms with E-state index in [2.05, 4.69) is 0 Å². The van der Waals surface area contributed by atoms with Gasteiger partial charge in [-0.1, -0.05) is 6.92 Å². The van der Waals surface area contributed by atoms with E-state index in [1.165, 1.54) is 0 Å². The third kappa shape index (κ3) is 8.01. The summed E-state index contributed by atoms with van der Waals surface area (Å²) in [5.74, 6) is -0.268. The van der Waals surface area contributed by atoms with Gasteiger partial charge in [-0.05, 0) is 25.7 Å². The van der Waals surface area contributed by atoms with Crippen LogP contribution >= 0.6 is 0 Å². The van der Waals surface area contributed by atoms with Crippen molar-refractivity contribution in [3.63, 3.8) is 0 Å². The quantitative estimate of drug-likeness (QED) is 0.454. The Balaban J connectivity index is 3.28. The van der Waals surface area contributed by atoms with Crippen LogP contribution in [0.4, 0.5) is 0 Å². The Morgan fingerprint density at radius 1 is 1.43 bits per heavy atom. The molecular formula is C10H20O4. The molecule has 0 aliphatic carbocycles. The maximum absolute atomic E-state index is 11.0. The van der Waals surface area contributed by atoms with Crippen molar-refractivity contribution in [2.45, 2.75) is 45.1 Å². The molecule has 2 N–H and O–H groups in total. The van der Waals surface area contributed by atoms with Crippen molar-refractivity contribution in [3.05, 3.63) is 0 Å². The van der Waals surface area contributed by atoms with Gasteiger partial charge in [-0.3, -0.25) is 4.79 Å². The van der Waals surface area contributed by atoms with E-state index in [1.807, 2.05) is 6.92 Å². The fraction of sp³-hybridized carbons (Fsp3) is 0.900. The van der Waals surface area contributed by atoms with Crippen molar-refractivity contribution in [3.8, 4) is 0 Å². The van der Waals surface area contributed by atoms with Crippen molar-refractivity contribution < 1.29 is 19.7 Å². The van der Waals surface area contributed by atoms with Crippen molar-refractivity contribution in [1.82, 2.24) is 0 Å². The smallest absolute Gasteiger partial charge is 0.305 e. The van der Waals surface area contributed by atoms with Gasteiger partial charge in [-0.2, -0.15) is 0 Å². The van der Waals surface area contributed by atoms with E-state index < -0.39 is 6.10 Å². The van der Waals surface area contributed by atoms with Crippen LogP contribution in [0.15, 0.2) is 0 Å². The molecule has 0 aromatic carbocycles. The molecule has 0 rings (SSSR count). The number of rotatable bonds is 8. The van der Waals surface area contributed by atoms with E-state index in [0.29, 0.717) is 32.3 Å². The average molecular weight is 204 g/mol. The molecule has 4 nitrogen and oxygen atoms in total. The van der Waals surface area contributed by atoms with Crippen LogP contribution in [0.3, 0.4) is 0 Å². The molecule has 0 aliphatic heterocycles. The number of aliphatic hydroxyl groups excluding tert-OH is 2. The Hall–Kier alpha value is -0.610. The highest BCUT2D eigenvalue weighted by molar-refractivity contribution is 5.69. The molecule has 84 valence electrons. The summed E-state index contributed by atoms with van der Waals surface area (Å²) in [7, 11) is 0. The SMILES string of the molecule is CCC(O)CCC(=O)OCCCCO. The lowest BCUT2D eigenvalue weighted by atomic mass is 10.1. The molecule has 0 aromatic heterocycles. The molecule has 0 aliphatic rings. The van der Waals surface area contributed by atoms with E-state index in [4.69, 9.17) is 9.84 Å². The third-order valence-corrected chi connectivity index (χ3v) is 1.97. The number of esters is 1. The minimum Gasteiger partial charge on any atom is -0.466 e. The number of carbonyl (C=O) groups is 1. The summed E-state index contributed by atoms with van der Waals surface area (Å²) >= 11 is 0. The van der Waals surface area contributed by atoms with Crippen LogP contribution in [-0.4, -0.2) is 35.5 Å². The lowest BCUT2D eigenvalue weighted by Crippen LogP contribution is -2.11. The standard InChI is InChI=1S/C10H20O4/c1-2-9(12)5-6-10(13)14-8-4-3-7-11/h9,11-12H,2-8H2,1H3. The fourth-order valence-corrected chi connectivity index (χ4v) is 0.961. The molecule has 0 bridgehead atoms. The molecule has 0 saturated heterocycles. The number of unbranched alkanes of at least 4 members (excludes halogenated alkanes) is 1. The van der Waals surface area contributed by atoms with Gasteiger partial charge in [0, 0.05) is 13.0 Å². The first kappa shape index (κ1) is 13.4. The molecule has 0 spiro atoms. The summed E-state index contributed by atoms with van der Waals surface area (Å²) in [5, 5.41) is 17.6. The van der Waals surface area contributed by atoms with Crippen LogP contribution in [0.25, 0.3) is 0 Å². The van der Waals surface area contributed by atoms with Crippen LogP contribution in [0, 0.1) is 0 Å². The molecule has 1 unspecified atom stereocenters. The molecule has 0 fully saturated rings. The number of aliphatic hydroxyl groups is 2. The summed E-state index contributed by atoms with van der Waals surface area (Å²) in [4.78, 5) is 11.0. The Bertz CT molecular complexity index is 147. The highest BCUT2D eigenvalue weighted by Gasteiger charge is 2.06. The molecule has 0 radical (unpaired) electrons. The first-order valence-corrected chi connectivity index (χ1v) is 5.15. The van der Waals surface area contributed by atoms with Gasteiger partial charge in [0.1, 0.15) is 0 Å². The van der Waals surface area contributed by atoms with Crippen LogP contribution in [-0.2, 0) is 9.53 Å². The molecule has 1 atom stereocenters. The molecule has 4 heteroatoms. The zero-order valence-electron chi connectivity index (χ0n) is 8.74. The topological polar surface area (TPSA) is 66.8 Å². The summed E-state index contributed by atoms with van der Waals surface area (Å²) < 4.78 is 4.88. The minimum absolute atomic E-state index is 0.131. The molecule has 0 saturated carbocycles. The zero-order chi connectivity index (χ0) is 10.8. The van der Waals surface area contributed by atoms with E-state index in [0.717, 1.165) is 0 Å². The van der Waals surface area contributed by atoms with Crippen molar-refractivity contribution in [2.24, 2.45) is 0 Å². The van der Waals surface area contributed by atoms with Crippen molar-refractivity contribution in [2.75, 3.05) is 13.2 Å². The second kappa shape index (κ2) is 8.97. The maximum Gasteiger partial charge on any atom is 0.305 e. The summed E-state index contributed by atoms with van der Waals surface area (Å²) in [6.45, 7) is 2.37. The zero-order valence-corrected chi connectivity index (χ0v) is 8.74. The second-order valence-electron chi connectivity index (χ2n) is 3.25. The van der Waals surface area contributed by atoms with Crippen molar-refractivity contribution >= 4 is 5.97 Å².